The first-order valence-electron chi connectivity index (χ1n) is 10.2. The third-order valence-electron chi connectivity index (χ3n) is 5.11. The number of morpholine rings is 1. The zero-order valence-corrected chi connectivity index (χ0v) is 21.2. The number of nitrogens with one attached hydrogen (secondary N) is 2. The highest BCUT2D eigenvalue weighted by Gasteiger charge is 2.24. The summed E-state index contributed by atoms with van der Waals surface area (Å²) in [5, 5.41) is 6.78. The van der Waals surface area contributed by atoms with E-state index in [0.29, 0.717) is 6.10 Å². The van der Waals surface area contributed by atoms with Gasteiger partial charge in [0, 0.05) is 46.9 Å². The van der Waals surface area contributed by atoms with Gasteiger partial charge in [-0.05, 0) is 23.5 Å². The van der Waals surface area contributed by atoms with Crippen LogP contribution in [0.2, 0.25) is 0 Å². The molecule has 2 rings (SSSR count). The number of hydrogen-bond donors (Lipinski definition) is 2. The van der Waals surface area contributed by atoms with Crippen molar-refractivity contribution in [2.45, 2.75) is 53.0 Å². The molecule has 0 aromatic heterocycles. The van der Waals surface area contributed by atoms with Crippen molar-refractivity contribution in [3.63, 3.8) is 0 Å². The van der Waals surface area contributed by atoms with Gasteiger partial charge in [-0.25, -0.2) is 0 Å². The number of aliphatic imine (C=N–C) groups is 1. The molecule has 7 heteroatoms. The van der Waals surface area contributed by atoms with Crippen LogP contribution >= 0.6 is 24.0 Å². The molecular weight excluding hydrogens is 479 g/mol. The van der Waals surface area contributed by atoms with E-state index in [1.54, 1.807) is 14.2 Å². The normalized spacial score (nSPS) is 19.4. The smallest absolute Gasteiger partial charge is 0.191 e. The average molecular weight is 518 g/mol. The zero-order valence-electron chi connectivity index (χ0n) is 18.8. The van der Waals surface area contributed by atoms with Gasteiger partial charge in [0.2, 0.25) is 0 Å². The van der Waals surface area contributed by atoms with Crippen molar-refractivity contribution < 1.29 is 9.47 Å². The molecule has 6 nitrogen and oxygen atoms in total. The molecular formula is C22H39IN4O2. The number of guanidine groups is 1. The van der Waals surface area contributed by atoms with Crippen LogP contribution in [-0.2, 0) is 22.6 Å². The van der Waals surface area contributed by atoms with E-state index in [-0.39, 0.29) is 35.5 Å². The summed E-state index contributed by atoms with van der Waals surface area (Å²) in [6.07, 6.45) is 0.433. The van der Waals surface area contributed by atoms with Crippen molar-refractivity contribution >= 4 is 29.9 Å². The maximum absolute atomic E-state index is 5.63. The standard InChI is InChI=1S/C22H38N4O2.HI/c1-17-15-26(10-11-28-17)16-19-9-7-8-18(12-19)13-24-21(23-5)25-14-20(27-6)22(2,3)4;/h7-9,12,17,20H,10-11,13-16H2,1-6H3,(H2,23,24,25);1H. The highest BCUT2D eigenvalue weighted by atomic mass is 127. The van der Waals surface area contributed by atoms with Crippen molar-refractivity contribution in [3.05, 3.63) is 35.4 Å². The van der Waals surface area contributed by atoms with Crippen LogP contribution in [0.3, 0.4) is 0 Å². The van der Waals surface area contributed by atoms with Gasteiger partial charge in [-0.2, -0.15) is 0 Å². The van der Waals surface area contributed by atoms with E-state index < -0.39 is 0 Å². The van der Waals surface area contributed by atoms with Gasteiger partial charge in [0.15, 0.2) is 5.96 Å². The van der Waals surface area contributed by atoms with E-state index >= 15 is 0 Å². The molecule has 2 unspecified atom stereocenters. The van der Waals surface area contributed by atoms with Gasteiger partial charge in [0.05, 0.1) is 18.8 Å². The fraction of sp³-hybridized carbons (Fsp3) is 0.682. The Balaban J connectivity index is 0.00000420. The summed E-state index contributed by atoms with van der Waals surface area (Å²) in [5.41, 5.74) is 2.66. The van der Waals surface area contributed by atoms with Gasteiger partial charge in [-0.1, -0.05) is 45.0 Å². The first-order chi connectivity index (χ1) is 13.3. The van der Waals surface area contributed by atoms with E-state index in [2.05, 4.69) is 72.5 Å². The summed E-state index contributed by atoms with van der Waals surface area (Å²) in [6.45, 7) is 13.9. The van der Waals surface area contributed by atoms with Crippen LogP contribution in [0, 0.1) is 5.41 Å². The zero-order chi connectivity index (χ0) is 20.6. The van der Waals surface area contributed by atoms with E-state index in [0.717, 1.165) is 45.3 Å². The van der Waals surface area contributed by atoms with E-state index in [9.17, 15) is 0 Å². The van der Waals surface area contributed by atoms with Gasteiger partial charge >= 0.3 is 0 Å². The van der Waals surface area contributed by atoms with E-state index in [1.165, 1.54) is 11.1 Å². The number of nitrogens with zero attached hydrogens (tertiary/aromatic N) is 2. The van der Waals surface area contributed by atoms with Crippen molar-refractivity contribution in [1.82, 2.24) is 15.5 Å². The Morgan fingerprint density at radius 2 is 2.03 bits per heavy atom. The summed E-state index contributed by atoms with van der Waals surface area (Å²) in [4.78, 5) is 6.79. The predicted molar refractivity (Wildman–Crippen MR) is 131 cm³/mol. The number of ether oxygens (including phenoxy) is 2. The third kappa shape index (κ3) is 9.19. The Labute approximate surface area is 193 Å². The van der Waals surface area contributed by atoms with Crippen LogP contribution in [-0.4, -0.2) is 63.5 Å². The van der Waals surface area contributed by atoms with Gasteiger partial charge in [0.1, 0.15) is 0 Å². The first kappa shape index (κ1) is 26.1. The molecule has 2 N–H and O–H groups in total. The lowest BCUT2D eigenvalue weighted by molar-refractivity contribution is -0.0212. The highest BCUT2D eigenvalue weighted by Crippen LogP contribution is 2.20. The number of methoxy groups -OCH3 is 1. The number of benzene rings is 1. The highest BCUT2D eigenvalue weighted by molar-refractivity contribution is 14.0. The molecule has 0 bridgehead atoms. The lowest BCUT2D eigenvalue weighted by Crippen LogP contribution is -2.45. The molecule has 0 aliphatic carbocycles. The summed E-state index contributed by atoms with van der Waals surface area (Å²) >= 11 is 0. The van der Waals surface area contributed by atoms with E-state index in [4.69, 9.17) is 9.47 Å². The van der Waals surface area contributed by atoms with Crippen molar-refractivity contribution in [3.8, 4) is 0 Å². The Morgan fingerprint density at radius 3 is 2.66 bits per heavy atom. The Morgan fingerprint density at radius 1 is 1.31 bits per heavy atom. The predicted octanol–water partition coefficient (Wildman–Crippen LogP) is 3.25. The van der Waals surface area contributed by atoms with Crippen LogP contribution in [0.15, 0.2) is 29.3 Å². The molecule has 1 aromatic carbocycles. The molecule has 0 amide bonds. The molecule has 0 radical (unpaired) electrons. The molecule has 1 aliphatic rings. The molecule has 166 valence electrons. The lowest BCUT2D eigenvalue weighted by atomic mass is 9.89. The molecule has 1 heterocycles. The maximum Gasteiger partial charge on any atom is 0.191 e. The Bertz CT molecular complexity index is 633. The van der Waals surface area contributed by atoms with Crippen LogP contribution in [0.5, 0.6) is 0 Å². The number of hydrogen-bond acceptors (Lipinski definition) is 4. The van der Waals surface area contributed by atoms with Gasteiger partial charge < -0.3 is 20.1 Å². The summed E-state index contributed by atoms with van der Waals surface area (Å²) < 4.78 is 11.2. The number of halogens is 1. The Kier molecular flexibility index (Phi) is 11.5. The quantitative estimate of drug-likeness (QED) is 0.330. The minimum Gasteiger partial charge on any atom is -0.379 e. The summed E-state index contributed by atoms with van der Waals surface area (Å²) in [5.74, 6) is 0.790. The Hall–Kier alpha value is -0.900. The van der Waals surface area contributed by atoms with Crippen LogP contribution in [0.4, 0.5) is 0 Å². The van der Waals surface area contributed by atoms with Gasteiger partial charge in [-0.15, -0.1) is 24.0 Å². The fourth-order valence-corrected chi connectivity index (χ4v) is 3.47. The largest absolute Gasteiger partial charge is 0.379 e. The summed E-state index contributed by atoms with van der Waals surface area (Å²) in [7, 11) is 3.55. The lowest BCUT2D eigenvalue weighted by Gasteiger charge is -2.31. The fourth-order valence-electron chi connectivity index (χ4n) is 3.47. The second-order valence-corrected chi connectivity index (χ2v) is 8.63. The molecule has 0 saturated carbocycles. The molecule has 1 saturated heterocycles. The average Bonchev–Trinajstić information content (AvgIpc) is 2.64. The molecule has 1 aliphatic heterocycles. The van der Waals surface area contributed by atoms with Crippen LogP contribution in [0.1, 0.15) is 38.8 Å². The second-order valence-electron chi connectivity index (χ2n) is 8.63. The first-order valence-corrected chi connectivity index (χ1v) is 10.2. The number of rotatable bonds is 7. The van der Waals surface area contributed by atoms with Crippen molar-refractivity contribution in [2.75, 3.05) is 40.4 Å². The van der Waals surface area contributed by atoms with Gasteiger partial charge in [0.25, 0.3) is 0 Å². The molecule has 1 aromatic rings. The van der Waals surface area contributed by atoms with E-state index in [1.807, 2.05) is 0 Å². The van der Waals surface area contributed by atoms with Crippen molar-refractivity contribution in [2.24, 2.45) is 10.4 Å². The molecule has 2 atom stereocenters. The summed E-state index contributed by atoms with van der Waals surface area (Å²) in [6, 6.07) is 8.75. The van der Waals surface area contributed by atoms with Crippen LogP contribution < -0.4 is 10.6 Å². The van der Waals surface area contributed by atoms with Gasteiger partial charge in [-0.3, -0.25) is 9.89 Å². The minimum atomic E-state index is 0. The molecule has 29 heavy (non-hydrogen) atoms. The molecule has 0 spiro atoms. The monoisotopic (exact) mass is 518 g/mol. The maximum atomic E-state index is 5.63. The van der Waals surface area contributed by atoms with Crippen molar-refractivity contribution in [1.29, 1.82) is 0 Å². The SMILES string of the molecule is CN=C(NCc1cccc(CN2CCOC(C)C2)c1)NCC(OC)C(C)(C)C.I. The topological polar surface area (TPSA) is 58.1 Å². The minimum absolute atomic E-state index is 0. The third-order valence-corrected chi connectivity index (χ3v) is 5.11. The van der Waals surface area contributed by atoms with Crippen LogP contribution in [0.25, 0.3) is 0 Å². The second kappa shape index (κ2) is 12.7. The molecule has 1 fully saturated rings.